The second-order valence-electron chi connectivity index (χ2n) is 1.84. The lowest BCUT2D eigenvalue weighted by atomic mass is 10.4. The van der Waals surface area contributed by atoms with Crippen LogP contribution in [0.15, 0.2) is 11.0 Å². The van der Waals surface area contributed by atoms with Gasteiger partial charge in [0.2, 0.25) is 11.6 Å². The number of aromatic nitrogens is 4. The molecule has 0 saturated carbocycles. The van der Waals surface area contributed by atoms with E-state index in [2.05, 4.69) is 18.7 Å². The summed E-state index contributed by atoms with van der Waals surface area (Å²) in [4.78, 5) is 18.8. The Kier molecular flexibility index (Phi) is 1.88. The Bertz CT molecular complexity index is 332. The number of carbonyl (C=O) groups excluding carboxylic acids is 1. The summed E-state index contributed by atoms with van der Waals surface area (Å²) >= 11 is 2.26. The van der Waals surface area contributed by atoms with Crippen molar-refractivity contribution in [1.29, 1.82) is 0 Å². The lowest BCUT2D eigenvalue weighted by Crippen LogP contribution is -2.04. The van der Waals surface area contributed by atoms with Gasteiger partial charge in [0, 0.05) is 0 Å². The van der Waals surface area contributed by atoms with Crippen molar-refractivity contribution in [2.45, 2.75) is 0 Å². The Morgan fingerprint density at radius 1 is 1.08 bits per heavy atom. The normalized spacial score (nSPS) is 10.0. The SMILES string of the molecule is O=C(c1ncsn1)c1ncsn1. The Morgan fingerprint density at radius 3 is 1.92 bits per heavy atom. The van der Waals surface area contributed by atoms with Crippen LogP contribution < -0.4 is 0 Å². The number of rotatable bonds is 2. The van der Waals surface area contributed by atoms with Gasteiger partial charge in [-0.25, -0.2) is 9.97 Å². The van der Waals surface area contributed by atoms with Gasteiger partial charge in [-0.05, 0) is 23.1 Å². The van der Waals surface area contributed by atoms with E-state index in [1.165, 1.54) is 11.0 Å². The summed E-state index contributed by atoms with van der Waals surface area (Å²) in [6.07, 6.45) is 0. The number of ketones is 1. The molecule has 0 aliphatic rings. The molecule has 5 nitrogen and oxygen atoms in total. The third kappa shape index (κ3) is 1.23. The van der Waals surface area contributed by atoms with Gasteiger partial charge in [-0.2, -0.15) is 8.75 Å². The predicted molar refractivity (Wildman–Crippen MR) is 43.3 cm³/mol. The molecule has 0 fully saturated rings. The van der Waals surface area contributed by atoms with Crippen LogP contribution in [0.5, 0.6) is 0 Å². The van der Waals surface area contributed by atoms with Crippen molar-refractivity contribution in [3.63, 3.8) is 0 Å². The van der Waals surface area contributed by atoms with Crippen LogP contribution in [0, 0.1) is 0 Å². The molecule has 0 unspecified atom stereocenters. The zero-order valence-corrected chi connectivity index (χ0v) is 7.30. The molecule has 0 aliphatic carbocycles. The zero-order valence-electron chi connectivity index (χ0n) is 5.67. The minimum Gasteiger partial charge on any atom is -0.281 e. The van der Waals surface area contributed by atoms with Crippen LogP contribution in [0.3, 0.4) is 0 Å². The highest BCUT2D eigenvalue weighted by molar-refractivity contribution is 7.03. The van der Waals surface area contributed by atoms with Gasteiger partial charge in [-0.1, -0.05) is 0 Å². The van der Waals surface area contributed by atoms with E-state index in [-0.39, 0.29) is 17.4 Å². The second kappa shape index (κ2) is 3.03. The van der Waals surface area contributed by atoms with Gasteiger partial charge in [-0.3, -0.25) is 4.79 Å². The highest BCUT2D eigenvalue weighted by Gasteiger charge is 2.15. The molecule has 7 heteroatoms. The maximum Gasteiger partial charge on any atom is 0.269 e. The van der Waals surface area contributed by atoms with Crippen molar-refractivity contribution in [3.8, 4) is 0 Å². The molecule has 0 bridgehead atoms. The van der Waals surface area contributed by atoms with E-state index in [1.807, 2.05) is 0 Å². The fraction of sp³-hybridized carbons (Fsp3) is 0. The molecule has 60 valence electrons. The highest BCUT2D eigenvalue weighted by Crippen LogP contribution is 2.02. The Balaban J connectivity index is 2.34. The molecule has 0 atom stereocenters. The molecule has 2 aromatic rings. The third-order valence-corrected chi connectivity index (χ3v) is 2.08. The van der Waals surface area contributed by atoms with E-state index in [4.69, 9.17) is 0 Å². The molecule has 0 saturated heterocycles. The van der Waals surface area contributed by atoms with Crippen LogP contribution in [0.2, 0.25) is 0 Å². The molecule has 0 amide bonds. The summed E-state index contributed by atoms with van der Waals surface area (Å²) in [6, 6.07) is 0. The van der Waals surface area contributed by atoms with Crippen LogP contribution in [0.4, 0.5) is 0 Å². The molecule has 2 aromatic heterocycles. The van der Waals surface area contributed by atoms with Gasteiger partial charge in [0.1, 0.15) is 11.0 Å². The lowest BCUT2D eigenvalue weighted by Gasteiger charge is -1.84. The molecular weight excluding hydrogens is 196 g/mol. The molecule has 0 radical (unpaired) electrons. The standard InChI is InChI=1S/C5H2N4OS2/c10-3(4-6-1-11-8-4)5-7-2-12-9-5/h1-2H. The molecule has 0 aliphatic heterocycles. The van der Waals surface area contributed by atoms with Crippen molar-refractivity contribution in [3.05, 3.63) is 22.7 Å². The molecule has 0 N–H and O–H groups in total. The fourth-order valence-corrected chi connectivity index (χ4v) is 1.49. The second-order valence-corrected chi connectivity index (χ2v) is 3.05. The summed E-state index contributed by atoms with van der Waals surface area (Å²) in [5.74, 6) is 0.00861. The minimum absolute atomic E-state index is 0.165. The monoisotopic (exact) mass is 198 g/mol. The van der Waals surface area contributed by atoms with Crippen LogP contribution >= 0.6 is 23.1 Å². The molecular formula is C5H2N4OS2. The fourth-order valence-electron chi connectivity index (χ4n) is 0.641. The van der Waals surface area contributed by atoms with E-state index in [9.17, 15) is 4.79 Å². The van der Waals surface area contributed by atoms with Crippen molar-refractivity contribution in [2.24, 2.45) is 0 Å². The van der Waals surface area contributed by atoms with E-state index in [1.54, 1.807) is 0 Å². The number of hydrogen-bond donors (Lipinski definition) is 0. The molecule has 12 heavy (non-hydrogen) atoms. The van der Waals surface area contributed by atoms with Crippen LogP contribution in [-0.4, -0.2) is 24.5 Å². The smallest absolute Gasteiger partial charge is 0.269 e. The molecule has 0 aromatic carbocycles. The Morgan fingerprint density at radius 2 is 1.58 bits per heavy atom. The van der Waals surface area contributed by atoms with Gasteiger partial charge >= 0.3 is 0 Å². The maximum absolute atomic E-state index is 11.3. The highest BCUT2D eigenvalue weighted by atomic mass is 32.1. The molecule has 2 rings (SSSR count). The van der Waals surface area contributed by atoms with E-state index >= 15 is 0 Å². The number of hydrogen-bond acceptors (Lipinski definition) is 7. The van der Waals surface area contributed by atoms with Gasteiger partial charge < -0.3 is 0 Å². The Hall–Kier alpha value is -1.21. The van der Waals surface area contributed by atoms with Crippen molar-refractivity contribution >= 4 is 28.8 Å². The van der Waals surface area contributed by atoms with E-state index in [0.29, 0.717) is 0 Å². The third-order valence-electron chi connectivity index (χ3n) is 1.13. The van der Waals surface area contributed by atoms with Gasteiger partial charge in [0.15, 0.2) is 0 Å². The first kappa shape index (κ1) is 7.44. The number of carbonyl (C=O) groups is 1. The van der Waals surface area contributed by atoms with Crippen molar-refractivity contribution < 1.29 is 4.79 Å². The lowest BCUT2D eigenvalue weighted by molar-refractivity contribution is 0.102. The average Bonchev–Trinajstić information content (AvgIpc) is 2.77. The first-order valence-electron chi connectivity index (χ1n) is 2.95. The molecule has 2 heterocycles. The predicted octanol–water partition coefficient (Wildman–Crippen LogP) is 0.621. The quantitative estimate of drug-likeness (QED) is 0.662. The van der Waals surface area contributed by atoms with Gasteiger partial charge in [-0.15, -0.1) is 0 Å². The summed E-state index contributed by atoms with van der Waals surface area (Å²) in [5.41, 5.74) is 3.00. The minimum atomic E-state index is -0.322. The van der Waals surface area contributed by atoms with Gasteiger partial charge in [0.25, 0.3) is 5.78 Å². The maximum atomic E-state index is 11.3. The molecule has 0 spiro atoms. The topological polar surface area (TPSA) is 68.6 Å². The first-order valence-corrected chi connectivity index (χ1v) is 4.62. The summed E-state index contributed by atoms with van der Waals surface area (Å²) in [6.45, 7) is 0. The summed E-state index contributed by atoms with van der Waals surface area (Å²) < 4.78 is 7.56. The number of nitrogens with zero attached hydrogens (tertiary/aromatic N) is 4. The Labute approximate surface area is 75.5 Å². The average molecular weight is 198 g/mol. The van der Waals surface area contributed by atoms with Crippen LogP contribution in [-0.2, 0) is 0 Å². The van der Waals surface area contributed by atoms with Gasteiger partial charge in [0.05, 0.1) is 0 Å². The van der Waals surface area contributed by atoms with E-state index in [0.717, 1.165) is 23.1 Å². The zero-order chi connectivity index (χ0) is 8.39. The van der Waals surface area contributed by atoms with Crippen molar-refractivity contribution in [2.75, 3.05) is 0 Å². The van der Waals surface area contributed by atoms with Crippen LogP contribution in [0.1, 0.15) is 16.4 Å². The summed E-state index contributed by atoms with van der Waals surface area (Å²) in [7, 11) is 0. The largest absolute Gasteiger partial charge is 0.281 e. The summed E-state index contributed by atoms with van der Waals surface area (Å²) in [5, 5.41) is 0. The first-order chi connectivity index (χ1) is 5.88. The van der Waals surface area contributed by atoms with Crippen molar-refractivity contribution in [1.82, 2.24) is 18.7 Å². The van der Waals surface area contributed by atoms with Crippen LogP contribution in [0.25, 0.3) is 0 Å². The van der Waals surface area contributed by atoms with E-state index < -0.39 is 0 Å².